The molecule has 0 aliphatic carbocycles. The number of hydrogen-bond acceptors (Lipinski definition) is 11. The van der Waals surface area contributed by atoms with Gasteiger partial charge in [-0.1, -0.05) is 34.6 Å². The molecule has 0 bridgehead atoms. The predicted octanol–water partition coefficient (Wildman–Crippen LogP) is 1.21. The second kappa shape index (κ2) is 9.11. The third kappa shape index (κ3) is 4.28. The van der Waals surface area contributed by atoms with Gasteiger partial charge in [0.25, 0.3) is 5.91 Å². The molecular formula is C16H13ClFN11O2S. The third-order valence-corrected chi connectivity index (χ3v) is 5.42. The quantitative estimate of drug-likeness (QED) is 0.224. The second-order valence-corrected chi connectivity index (χ2v) is 7.47. The number of nitrogens with two attached hydrogens (primary N) is 1. The molecule has 1 aromatic carbocycles. The number of aryl methyl sites for hydroxylation is 1. The first-order valence-electron chi connectivity index (χ1n) is 8.73. The van der Waals surface area contributed by atoms with Crippen LogP contribution in [-0.4, -0.2) is 52.2 Å². The van der Waals surface area contributed by atoms with E-state index in [2.05, 4.69) is 46.0 Å². The average Bonchev–Trinajstić information content (AvgIpc) is 3.48. The van der Waals surface area contributed by atoms with Crippen LogP contribution < -0.4 is 11.2 Å². The van der Waals surface area contributed by atoms with Crippen LogP contribution in [0.2, 0.25) is 5.02 Å². The van der Waals surface area contributed by atoms with E-state index in [1.54, 1.807) is 11.6 Å². The number of aromatic nitrogens is 8. The highest BCUT2D eigenvalue weighted by Gasteiger charge is 2.24. The van der Waals surface area contributed by atoms with Gasteiger partial charge in [0.05, 0.1) is 16.9 Å². The molecule has 13 nitrogen and oxygen atoms in total. The van der Waals surface area contributed by atoms with Crippen LogP contribution in [0.5, 0.6) is 0 Å². The molecule has 3 heterocycles. The zero-order valence-corrected chi connectivity index (χ0v) is 17.7. The minimum absolute atomic E-state index is 0.0256. The monoisotopic (exact) mass is 477 g/mol. The molecule has 16 heteroatoms. The van der Waals surface area contributed by atoms with Crippen molar-refractivity contribution in [3.8, 4) is 5.82 Å². The Morgan fingerprint density at radius 1 is 1.41 bits per heavy atom. The van der Waals surface area contributed by atoms with Gasteiger partial charge in [0.2, 0.25) is 11.6 Å². The van der Waals surface area contributed by atoms with Gasteiger partial charge < -0.3 is 10.3 Å². The van der Waals surface area contributed by atoms with Crippen LogP contribution in [0.1, 0.15) is 21.7 Å². The summed E-state index contributed by atoms with van der Waals surface area (Å²) >= 11 is 7.21. The van der Waals surface area contributed by atoms with E-state index in [1.807, 2.05) is 0 Å². The number of nitrogens with zero attached hydrogens (tertiary/aromatic N) is 9. The molecule has 0 aliphatic heterocycles. The summed E-state index contributed by atoms with van der Waals surface area (Å²) in [5.74, 6) is -1.08. The first kappa shape index (κ1) is 21.4. The normalized spacial score (nSPS) is 11.3. The van der Waals surface area contributed by atoms with E-state index in [1.165, 1.54) is 41.0 Å². The molecule has 0 saturated carbocycles. The summed E-state index contributed by atoms with van der Waals surface area (Å²) in [5.41, 5.74) is 8.30. The van der Waals surface area contributed by atoms with E-state index < -0.39 is 11.7 Å². The molecular weight excluding hydrogens is 465 g/mol. The van der Waals surface area contributed by atoms with Crippen molar-refractivity contribution in [1.29, 1.82) is 0 Å². The largest absolute Gasteiger partial charge is 0.378 e. The summed E-state index contributed by atoms with van der Waals surface area (Å²) < 4.78 is 21.4. The van der Waals surface area contributed by atoms with Crippen molar-refractivity contribution in [3.05, 3.63) is 52.3 Å². The Labute approximate surface area is 187 Å². The minimum atomic E-state index is -0.705. The molecule has 0 radical (unpaired) electrons. The summed E-state index contributed by atoms with van der Waals surface area (Å²) in [6.45, 7) is 0. The Bertz CT molecular complexity index is 1280. The van der Waals surface area contributed by atoms with Gasteiger partial charge in [0.1, 0.15) is 12.1 Å². The maximum atomic E-state index is 13.9. The fraction of sp³-hybridized carbons (Fsp3) is 0.125. The highest BCUT2D eigenvalue weighted by atomic mass is 35.5. The Morgan fingerprint density at radius 2 is 2.25 bits per heavy atom. The van der Waals surface area contributed by atoms with Crippen LogP contribution >= 0.6 is 23.4 Å². The highest BCUT2D eigenvalue weighted by molar-refractivity contribution is 7.98. The Morgan fingerprint density at radius 3 is 2.94 bits per heavy atom. The number of hydrogen-bond donors (Lipinski definition) is 2. The zero-order chi connectivity index (χ0) is 22.7. The van der Waals surface area contributed by atoms with Crippen LogP contribution in [0.15, 0.2) is 39.4 Å². The van der Waals surface area contributed by atoms with Gasteiger partial charge >= 0.3 is 0 Å². The number of benzene rings is 1. The van der Waals surface area contributed by atoms with E-state index in [0.29, 0.717) is 10.9 Å². The van der Waals surface area contributed by atoms with Gasteiger partial charge in [-0.05, 0) is 22.4 Å². The van der Waals surface area contributed by atoms with Crippen molar-refractivity contribution in [2.24, 2.45) is 12.1 Å². The maximum absolute atomic E-state index is 13.9. The lowest BCUT2D eigenvalue weighted by molar-refractivity contribution is 0.0949. The zero-order valence-electron chi connectivity index (χ0n) is 16.2. The van der Waals surface area contributed by atoms with Gasteiger partial charge in [0, 0.05) is 18.4 Å². The molecule has 0 spiro atoms. The first-order valence-corrected chi connectivity index (χ1v) is 10.1. The summed E-state index contributed by atoms with van der Waals surface area (Å²) in [7, 11) is 1.77. The SMILES string of the molecule is Cn1cnnc1SCc1c(C(=O)NN=Cc2c(F)cccc2Cl)nnn1-c1nonc1N. The van der Waals surface area contributed by atoms with Gasteiger partial charge in [-0.3, -0.25) is 4.79 Å². The molecule has 4 rings (SSSR count). The molecule has 0 fully saturated rings. The van der Waals surface area contributed by atoms with E-state index in [4.69, 9.17) is 17.3 Å². The highest BCUT2D eigenvalue weighted by Crippen LogP contribution is 2.24. The second-order valence-electron chi connectivity index (χ2n) is 6.12. The van der Waals surface area contributed by atoms with E-state index in [0.717, 1.165) is 6.21 Å². The number of rotatable bonds is 7. The molecule has 1 amide bonds. The fourth-order valence-corrected chi connectivity index (χ4v) is 3.59. The molecule has 32 heavy (non-hydrogen) atoms. The number of thioether (sulfide) groups is 1. The van der Waals surface area contributed by atoms with E-state index >= 15 is 0 Å². The maximum Gasteiger partial charge on any atom is 0.293 e. The summed E-state index contributed by atoms with van der Waals surface area (Å²) in [5, 5.41) is 27.3. The first-order chi connectivity index (χ1) is 15.5. The molecule has 0 unspecified atom stereocenters. The van der Waals surface area contributed by atoms with E-state index in [9.17, 15) is 9.18 Å². The van der Waals surface area contributed by atoms with E-state index in [-0.39, 0.29) is 33.7 Å². The lowest BCUT2D eigenvalue weighted by Crippen LogP contribution is -2.20. The van der Waals surface area contributed by atoms with Crippen molar-refractivity contribution in [2.75, 3.05) is 5.73 Å². The molecule has 0 atom stereocenters. The lowest BCUT2D eigenvalue weighted by Gasteiger charge is -2.05. The number of halogens is 2. The van der Waals surface area contributed by atoms with Crippen LogP contribution in [0, 0.1) is 5.82 Å². The van der Waals surface area contributed by atoms with Gasteiger partial charge in [-0.25, -0.2) is 14.4 Å². The average molecular weight is 478 g/mol. The van der Waals surface area contributed by atoms with Crippen molar-refractivity contribution < 1.29 is 13.8 Å². The fourth-order valence-electron chi connectivity index (χ4n) is 2.49. The number of hydrazone groups is 1. The summed E-state index contributed by atoms with van der Waals surface area (Å²) in [4.78, 5) is 12.7. The van der Waals surface area contributed by atoms with Crippen LogP contribution in [0.4, 0.5) is 10.2 Å². The van der Waals surface area contributed by atoms with Gasteiger partial charge in [0.15, 0.2) is 10.9 Å². The van der Waals surface area contributed by atoms with Gasteiger partial charge in [-0.15, -0.1) is 15.3 Å². The Hall–Kier alpha value is -3.85. The van der Waals surface area contributed by atoms with Crippen molar-refractivity contribution >= 4 is 41.3 Å². The summed E-state index contributed by atoms with van der Waals surface area (Å²) in [6.07, 6.45) is 2.63. The number of carbonyl (C=O) groups is 1. The molecule has 4 aromatic rings. The summed E-state index contributed by atoms with van der Waals surface area (Å²) in [6, 6.07) is 4.17. The van der Waals surface area contributed by atoms with Gasteiger partial charge in [-0.2, -0.15) is 9.78 Å². The standard InChI is InChI=1S/C16H13ClFN11O2S/c1-28-7-21-24-16(28)32-6-11-12(22-27-29(11)14-13(19)25-31-26-14)15(30)23-20-5-8-9(17)3-2-4-10(8)18/h2-5,7H,6H2,1H3,(H2,19,25)(H,23,30). The molecule has 0 aliphatic rings. The number of carbonyl (C=O) groups excluding carboxylic acids is 1. The van der Waals surface area contributed by atoms with Crippen molar-refractivity contribution in [3.63, 3.8) is 0 Å². The van der Waals surface area contributed by atoms with Crippen molar-refractivity contribution in [1.82, 2.24) is 45.5 Å². The number of nitrogens with one attached hydrogen (secondary N) is 1. The predicted molar refractivity (Wildman–Crippen MR) is 111 cm³/mol. The molecule has 3 N–H and O–H groups in total. The number of nitrogen functional groups attached to an aromatic ring is 1. The number of amides is 1. The molecule has 164 valence electrons. The lowest BCUT2D eigenvalue weighted by atomic mass is 10.2. The van der Waals surface area contributed by atoms with Crippen LogP contribution in [0.25, 0.3) is 5.82 Å². The smallest absolute Gasteiger partial charge is 0.293 e. The van der Waals surface area contributed by atoms with Crippen LogP contribution in [0.3, 0.4) is 0 Å². The third-order valence-electron chi connectivity index (χ3n) is 4.04. The Kier molecular flexibility index (Phi) is 6.09. The topological polar surface area (TPSA) is 168 Å². The van der Waals surface area contributed by atoms with Crippen molar-refractivity contribution in [2.45, 2.75) is 10.9 Å². The molecule has 3 aromatic heterocycles. The number of anilines is 1. The van der Waals surface area contributed by atoms with Crippen LogP contribution in [-0.2, 0) is 12.8 Å². The Balaban J connectivity index is 1.60. The minimum Gasteiger partial charge on any atom is -0.378 e. The molecule has 0 saturated heterocycles.